The molecular weight excluding hydrogens is 454 g/mol. The molecule has 6 nitrogen and oxygen atoms in total. The summed E-state index contributed by atoms with van der Waals surface area (Å²) in [5, 5.41) is 6.16. The van der Waals surface area contributed by atoms with E-state index in [4.69, 9.17) is 23.2 Å². The lowest BCUT2D eigenvalue weighted by atomic mass is 9.70. The summed E-state index contributed by atoms with van der Waals surface area (Å²) in [6, 6.07) is 6.65. The summed E-state index contributed by atoms with van der Waals surface area (Å²) >= 11 is 12.3. The Morgan fingerprint density at radius 2 is 2.00 bits per heavy atom. The number of likely N-dealkylation sites (tertiary alicyclic amines) is 1. The standard InChI is InChI=1S/C23H21Cl2FN4O2/c24-12-3-4-14-15(9-12)29-22(32)23(14)18(13-5-7-27-20(25)19(13)26)17-16(6-8-28-21(17)31)30(23)10-11-1-2-11/h3-5,7,9,11,16-18H,1-2,6,8,10H2,(H,28,31)(H,29,32)/t16-,17+,18-,23+/m0/s1. The van der Waals surface area contributed by atoms with Gasteiger partial charge in [0.25, 0.3) is 0 Å². The molecule has 166 valence electrons. The molecule has 2 N–H and O–H groups in total. The van der Waals surface area contributed by atoms with Crippen molar-refractivity contribution in [2.24, 2.45) is 11.8 Å². The van der Waals surface area contributed by atoms with Crippen molar-refractivity contribution in [2.75, 3.05) is 18.4 Å². The number of carbonyl (C=O) groups is 2. The average Bonchev–Trinajstić information content (AvgIpc) is 3.47. The molecule has 32 heavy (non-hydrogen) atoms. The molecule has 4 aliphatic rings. The summed E-state index contributed by atoms with van der Waals surface area (Å²) in [6.07, 6.45) is 4.30. The van der Waals surface area contributed by atoms with E-state index in [-0.39, 0.29) is 28.6 Å². The van der Waals surface area contributed by atoms with Crippen LogP contribution in [0.1, 0.15) is 36.3 Å². The number of piperidine rings is 1. The van der Waals surface area contributed by atoms with Crippen LogP contribution >= 0.6 is 23.2 Å². The number of benzene rings is 1. The van der Waals surface area contributed by atoms with Gasteiger partial charge < -0.3 is 10.6 Å². The minimum atomic E-state index is -1.23. The van der Waals surface area contributed by atoms with Gasteiger partial charge in [-0.25, -0.2) is 9.37 Å². The third-order valence-electron chi connectivity index (χ3n) is 7.47. The summed E-state index contributed by atoms with van der Waals surface area (Å²) in [5.41, 5.74) is 0.346. The lowest BCUT2D eigenvalue weighted by molar-refractivity contribution is -0.128. The fourth-order valence-electron chi connectivity index (χ4n) is 6.07. The van der Waals surface area contributed by atoms with E-state index >= 15 is 4.39 Å². The minimum Gasteiger partial charge on any atom is -0.356 e. The number of nitrogens with zero attached hydrogens (tertiary/aromatic N) is 2. The summed E-state index contributed by atoms with van der Waals surface area (Å²) in [7, 11) is 0. The van der Waals surface area contributed by atoms with Crippen molar-refractivity contribution >= 4 is 40.7 Å². The van der Waals surface area contributed by atoms with E-state index in [1.54, 1.807) is 18.2 Å². The molecular formula is C23H21Cl2FN4O2. The normalized spacial score (nSPS) is 31.4. The van der Waals surface area contributed by atoms with Crippen LogP contribution in [0, 0.1) is 17.7 Å². The van der Waals surface area contributed by atoms with Crippen molar-refractivity contribution in [3.63, 3.8) is 0 Å². The number of rotatable bonds is 3. The molecule has 1 aromatic carbocycles. The molecule has 0 unspecified atom stereocenters. The van der Waals surface area contributed by atoms with Crippen LogP contribution in [0.3, 0.4) is 0 Å². The molecule has 2 saturated heterocycles. The van der Waals surface area contributed by atoms with Gasteiger partial charge in [-0.05, 0) is 48.9 Å². The molecule has 4 atom stereocenters. The van der Waals surface area contributed by atoms with Gasteiger partial charge in [0.2, 0.25) is 11.8 Å². The average molecular weight is 475 g/mol. The van der Waals surface area contributed by atoms with Crippen LogP contribution in [0.4, 0.5) is 10.1 Å². The van der Waals surface area contributed by atoms with Crippen molar-refractivity contribution in [3.05, 3.63) is 57.6 Å². The number of halogens is 3. The summed E-state index contributed by atoms with van der Waals surface area (Å²) < 4.78 is 15.4. The van der Waals surface area contributed by atoms with Crippen molar-refractivity contribution in [2.45, 2.75) is 36.8 Å². The van der Waals surface area contributed by atoms with E-state index in [2.05, 4.69) is 20.5 Å². The van der Waals surface area contributed by atoms with E-state index in [0.717, 1.165) is 18.4 Å². The Hall–Kier alpha value is -2.22. The van der Waals surface area contributed by atoms with Gasteiger partial charge in [-0.1, -0.05) is 29.3 Å². The summed E-state index contributed by atoms with van der Waals surface area (Å²) in [4.78, 5) is 33.2. The van der Waals surface area contributed by atoms with Crippen LogP contribution in [0.25, 0.3) is 0 Å². The molecule has 1 aliphatic carbocycles. The zero-order chi connectivity index (χ0) is 22.2. The van der Waals surface area contributed by atoms with Gasteiger partial charge >= 0.3 is 0 Å². The number of anilines is 1. The topological polar surface area (TPSA) is 74.3 Å². The second-order valence-electron chi connectivity index (χ2n) is 9.16. The Bertz CT molecular complexity index is 1160. The Labute approximate surface area is 194 Å². The Morgan fingerprint density at radius 1 is 1.19 bits per heavy atom. The first-order valence-corrected chi connectivity index (χ1v) is 11.6. The zero-order valence-electron chi connectivity index (χ0n) is 17.1. The second-order valence-corrected chi connectivity index (χ2v) is 9.96. The minimum absolute atomic E-state index is 0.161. The maximum atomic E-state index is 15.4. The third-order valence-corrected chi connectivity index (χ3v) is 7.97. The highest BCUT2D eigenvalue weighted by molar-refractivity contribution is 6.31. The fourth-order valence-corrected chi connectivity index (χ4v) is 6.41. The molecule has 1 saturated carbocycles. The fraction of sp³-hybridized carbons (Fsp3) is 0.435. The van der Waals surface area contributed by atoms with Crippen LogP contribution < -0.4 is 10.6 Å². The van der Waals surface area contributed by atoms with E-state index in [1.807, 2.05) is 6.07 Å². The van der Waals surface area contributed by atoms with Crippen molar-refractivity contribution < 1.29 is 14.0 Å². The van der Waals surface area contributed by atoms with Gasteiger partial charge in [0.05, 0.1) is 5.92 Å². The number of nitrogens with one attached hydrogen (secondary N) is 2. The second kappa shape index (κ2) is 7.14. The first-order valence-electron chi connectivity index (χ1n) is 10.9. The first kappa shape index (κ1) is 20.4. The number of pyridine rings is 1. The number of hydrogen-bond donors (Lipinski definition) is 2. The number of aromatic nitrogens is 1. The molecule has 3 fully saturated rings. The predicted octanol–water partition coefficient (Wildman–Crippen LogP) is 3.69. The Morgan fingerprint density at radius 3 is 2.78 bits per heavy atom. The highest BCUT2D eigenvalue weighted by atomic mass is 35.5. The predicted molar refractivity (Wildman–Crippen MR) is 118 cm³/mol. The number of fused-ring (bicyclic) bond motifs is 3. The smallest absolute Gasteiger partial charge is 0.250 e. The monoisotopic (exact) mass is 474 g/mol. The maximum absolute atomic E-state index is 15.4. The van der Waals surface area contributed by atoms with Gasteiger partial charge in [0.15, 0.2) is 11.0 Å². The Kier molecular flexibility index (Phi) is 4.55. The molecule has 0 radical (unpaired) electrons. The third kappa shape index (κ3) is 2.71. The van der Waals surface area contributed by atoms with Crippen LogP contribution in [0.15, 0.2) is 30.5 Å². The Balaban J connectivity index is 1.65. The van der Waals surface area contributed by atoms with Gasteiger partial charge in [0, 0.05) is 47.5 Å². The van der Waals surface area contributed by atoms with Crippen molar-refractivity contribution in [3.8, 4) is 0 Å². The molecule has 3 aliphatic heterocycles. The SMILES string of the molecule is O=C1NCC[C@H]2[C@@H]1[C@H](c1ccnc(Cl)c1F)[C@]1(C(=O)Nc3cc(Cl)ccc31)N2CC1CC1. The molecule has 2 aromatic rings. The van der Waals surface area contributed by atoms with E-state index < -0.39 is 23.2 Å². The lowest BCUT2D eigenvalue weighted by Gasteiger charge is -2.40. The lowest BCUT2D eigenvalue weighted by Crippen LogP contribution is -2.53. The van der Waals surface area contributed by atoms with Gasteiger partial charge in [-0.3, -0.25) is 14.5 Å². The molecule has 6 rings (SSSR count). The van der Waals surface area contributed by atoms with Crippen molar-refractivity contribution in [1.82, 2.24) is 15.2 Å². The molecule has 1 spiro atoms. The van der Waals surface area contributed by atoms with E-state index in [1.165, 1.54) is 6.20 Å². The van der Waals surface area contributed by atoms with Crippen LogP contribution in [0.5, 0.6) is 0 Å². The number of carbonyl (C=O) groups excluding carboxylic acids is 2. The van der Waals surface area contributed by atoms with E-state index in [0.29, 0.717) is 36.1 Å². The molecule has 0 bridgehead atoms. The zero-order valence-corrected chi connectivity index (χ0v) is 18.6. The highest BCUT2D eigenvalue weighted by Gasteiger charge is 2.69. The van der Waals surface area contributed by atoms with Gasteiger partial charge in [0.1, 0.15) is 5.54 Å². The van der Waals surface area contributed by atoms with E-state index in [9.17, 15) is 9.59 Å². The summed E-state index contributed by atoms with van der Waals surface area (Å²) in [5.74, 6) is -1.98. The molecule has 2 amide bonds. The number of hydrogen-bond acceptors (Lipinski definition) is 4. The highest BCUT2D eigenvalue weighted by Crippen LogP contribution is 2.61. The molecule has 9 heteroatoms. The van der Waals surface area contributed by atoms with Gasteiger partial charge in [-0.2, -0.15) is 0 Å². The van der Waals surface area contributed by atoms with Crippen LogP contribution in [-0.4, -0.2) is 40.8 Å². The molecule has 1 aromatic heterocycles. The summed E-state index contributed by atoms with van der Waals surface area (Å²) in [6.45, 7) is 1.21. The molecule has 4 heterocycles. The quantitative estimate of drug-likeness (QED) is 0.665. The van der Waals surface area contributed by atoms with Crippen molar-refractivity contribution in [1.29, 1.82) is 0 Å². The first-order chi connectivity index (χ1) is 15.4. The largest absolute Gasteiger partial charge is 0.356 e. The van der Waals surface area contributed by atoms with Crippen LogP contribution in [-0.2, 0) is 15.1 Å². The number of amides is 2. The van der Waals surface area contributed by atoms with Crippen LogP contribution in [0.2, 0.25) is 10.2 Å². The van der Waals surface area contributed by atoms with Gasteiger partial charge in [-0.15, -0.1) is 0 Å². The maximum Gasteiger partial charge on any atom is 0.250 e.